The summed E-state index contributed by atoms with van der Waals surface area (Å²) >= 11 is 3.48. The molecule has 20 heavy (non-hydrogen) atoms. The number of aliphatic hydroxyl groups excluding tert-OH is 1. The van der Waals surface area contributed by atoms with Gasteiger partial charge < -0.3 is 14.7 Å². The standard InChI is InChI=1S/C16H18BrNO2/c1-20-16-7-5-15(6-8-16)18(9-10-19)12-13-3-2-4-14(17)11-13/h2-8,11,19H,9-10,12H2,1H3. The zero-order chi connectivity index (χ0) is 14.4. The topological polar surface area (TPSA) is 32.7 Å². The summed E-state index contributed by atoms with van der Waals surface area (Å²) in [5.74, 6) is 0.833. The first-order chi connectivity index (χ1) is 9.72. The van der Waals surface area contributed by atoms with Crippen molar-refractivity contribution in [3.63, 3.8) is 0 Å². The normalized spacial score (nSPS) is 10.3. The van der Waals surface area contributed by atoms with Gasteiger partial charge in [-0.2, -0.15) is 0 Å². The molecule has 0 spiro atoms. The molecular weight excluding hydrogens is 318 g/mol. The third kappa shape index (κ3) is 3.99. The van der Waals surface area contributed by atoms with Crippen LogP contribution >= 0.6 is 15.9 Å². The van der Waals surface area contributed by atoms with Gasteiger partial charge in [0.1, 0.15) is 5.75 Å². The Balaban J connectivity index is 2.17. The second kappa shape index (κ2) is 7.31. The number of rotatable bonds is 6. The minimum Gasteiger partial charge on any atom is -0.497 e. The molecule has 0 saturated heterocycles. The summed E-state index contributed by atoms with van der Waals surface area (Å²) in [4.78, 5) is 2.14. The molecule has 0 aliphatic rings. The Labute approximate surface area is 127 Å². The minimum absolute atomic E-state index is 0.125. The second-order valence-electron chi connectivity index (χ2n) is 4.47. The summed E-state index contributed by atoms with van der Waals surface area (Å²) in [6, 6.07) is 16.1. The molecule has 0 radical (unpaired) electrons. The Morgan fingerprint density at radius 1 is 1.15 bits per heavy atom. The van der Waals surface area contributed by atoms with Crippen molar-refractivity contribution in [1.29, 1.82) is 0 Å². The SMILES string of the molecule is COc1ccc(N(CCO)Cc2cccc(Br)c2)cc1. The highest BCUT2D eigenvalue weighted by molar-refractivity contribution is 9.10. The molecule has 0 aromatic heterocycles. The van der Waals surface area contributed by atoms with E-state index in [1.807, 2.05) is 36.4 Å². The Hall–Kier alpha value is -1.52. The lowest BCUT2D eigenvalue weighted by atomic mass is 10.2. The maximum atomic E-state index is 9.26. The van der Waals surface area contributed by atoms with E-state index in [2.05, 4.69) is 33.0 Å². The molecule has 0 aliphatic carbocycles. The largest absolute Gasteiger partial charge is 0.497 e. The minimum atomic E-state index is 0.125. The Morgan fingerprint density at radius 2 is 1.90 bits per heavy atom. The molecule has 2 aromatic carbocycles. The van der Waals surface area contributed by atoms with Crippen LogP contribution in [0.3, 0.4) is 0 Å². The van der Waals surface area contributed by atoms with Crippen molar-refractivity contribution in [2.45, 2.75) is 6.54 Å². The summed E-state index contributed by atoms with van der Waals surface area (Å²) in [6.07, 6.45) is 0. The summed E-state index contributed by atoms with van der Waals surface area (Å²) in [6.45, 7) is 1.48. The maximum Gasteiger partial charge on any atom is 0.119 e. The third-order valence-corrected chi connectivity index (χ3v) is 3.56. The average Bonchev–Trinajstić information content (AvgIpc) is 2.47. The van der Waals surface area contributed by atoms with Crippen molar-refractivity contribution in [3.05, 3.63) is 58.6 Å². The van der Waals surface area contributed by atoms with Crippen LogP contribution < -0.4 is 9.64 Å². The van der Waals surface area contributed by atoms with E-state index < -0.39 is 0 Å². The van der Waals surface area contributed by atoms with E-state index in [1.54, 1.807) is 7.11 Å². The van der Waals surface area contributed by atoms with E-state index in [-0.39, 0.29) is 6.61 Å². The predicted octanol–water partition coefficient (Wildman–Crippen LogP) is 3.46. The van der Waals surface area contributed by atoms with Gasteiger partial charge in [-0.25, -0.2) is 0 Å². The van der Waals surface area contributed by atoms with E-state index >= 15 is 0 Å². The van der Waals surface area contributed by atoms with Crippen LogP contribution in [0.1, 0.15) is 5.56 Å². The lowest BCUT2D eigenvalue weighted by Crippen LogP contribution is -2.26. The van der Waals surface area contributed by atoms with Crippen molar-refractivity contribution in [2.24, 2.45) is 0 Å². The fraction of sp³-hybridized carbons (Fsp3) is 0.250. The first-order valence-corrected chi connectivity index (χ1v) is 7.26. The molecule has 0 amide bonds. The van der Waals surface area contributed by atoms with Crippen LogP contribution in [0.25, 0.3) is 0 Å². The van der Waals surface area contributed by atoms with E-state index in [1.165, 1.54) is 5.56 Å². The second-order valence-corrected chi connectivity index (χ2v) is 5.39. The fourth-order valence-corrected chi connectivity index (χ4v) is 2.52. The molecular formula is C16H18BrNO2. The molecule has 0 fully saturated rings. The van der Waals surface area contributed by atoms with Gasteiger partial charge in [-0.3, -0.25) is 0 Å². The van der Waals surface area contributed by atoms with Gasteiger partial charge in [0.05, 0.1) is 13.7 Å². The number of ether oxygens (including phenoxy) is 1. The Bertz CT molecular complexity index is 542. The third-order valence-electron chi connectivity index (χ3n) is 3.07. The summed E-state index contributed by atoms with van der Waals surface area (Å²) < 4.78 is 6.23. The zero-order valence-corrected chi connectivity index (χ0v) is 13.0. The van der Waals surface area contributed by atoms with Crippen LogP contribution in [0.4, 0.5) is 5.69 Å². The molecule has 3 nitrogen and oxygen atoms in total. The number of halogens is 1. The van der Waals surface area contributed by atoms with Gasteiger partial charge in [-0.15, -0.1) is 0 Å². The molecule has 0 saturated carbocycles. The predicted molar refractivity (Wildman–Crippen MR) is 85.3 cm³/mol. The summed E-state index contributed by atoms with van der Waals surface area (Å²) in [7, 11) is 1.65. The van der Waals surface area contributed by atoms with Crippen molar-refractivity contribution in [2.75, 3.05) is 25.2 Å². The molecule has 0 unspecified atom stereocenters. The monoisotopic (exact) mass is 335 g/mol. The summed E-state index contributed by atoms with van der Waals surface area (Å²) in [5, 5.41) is 9.26. The first kappa shape index (κ1) is 14.9. The average molecular weight is 336 g/mol. The highest BCUT2D eigenvalue weighted by Crippen LogP contribution is 2.22. The van der Waals surface area contributed by atoms with Gasteiger partial charge in [0.25, 0.3) is 0 Å². The van der Waals surface area contributed by atoms with Gasteiger partial charge in [0.15, 0.2) is 0 Å². The van der Waals surface area contributed by atoms with Crippen LogP contribution in [0, 0.1) is 0 Å². The van der Waals surface area contributed by atoms with Gasteiger partial charge in [0, 0.05) is 23.2 Å². The van der Waals surface area contributed by atoms with Gasteiger partial charge >= 0.3 is 0 Å². The van der Waals surface area contributed by atoms with E-state index in [4.69, 9.17) is 4.74 Å². The molecule has 2 aromatic rings. The molecule has 0 aliphatic heterocycles. The van der Waals surface area contributed by atoms with Crippen LogP contribution in [-0.2, 0) is 6.54 Å². The fourth-order valence-electron chi connectivity index (χ4n) is 2.07. The van der Waals surface area contributed by atoms with Crippen molar-refractivity contribution < 1.29 is 9.84 Å². The molecule has 0 atom stereocenters. The Morgan fingerprint density at radius 3 is 2.50 bits per heavy atom. The molecule has 1 N–H and O–H groups in total. The smallest absolute Gasteiger partial charge is 0.119 e. The molecule has 106 valence electrons. The van der Waals surface area contributed by atoms with Crippen molar-refractivity contribution in [3.8, 4) is 5.75 Å². The van der Waals surface area contributed by atoms with Gasteiger partial charge in [0.2, 0.25) is 0 Å². The van der Waals surface area contributed by atoms with Crippen LogP contribution in [-0.4, -0.2) is 25.4 Å². The van der Waals surface area contributed by atoms with Crippen LogP contribution in [0.5, 0.6) is 5.75 Å². The van der Waals surface area contributed by atoms with Crippen LogP contribution in [0.2, 0.25) is 0 Å². The lowest BCUT2D eigenvalue weighted by Gasteiger charge is -2.24. The molecule has 0 heterocycles. The van der Waals surface area contributed by atoms with Gasteiger partial charge in [-0.1, -0.05) is 28.1 Å². The lowest BCUT2D eigenvalue weighted by molar-refractivity contribution is 0.301. The number of hydrogen-bond donors (Lipinski definition) is 1. The first-order valence-electron chi connectivity index (χ1n) is 6.47. The van der Waals surface area contributed by atoms with E-state index in [9.17, 15) is 5.11 Å². The number of nitrogens with zero attached hydrogens (tertiary/aromatic N) is 1. The number of benzene rings is 2. The number of aliphatic hydroxyl groups is 1. The highest BCUT2D eigenvalue weighted by atomic mass is 79.9. The quantitative estimate of drug-likeness (QED) is 0.877. The van der Waals surface area contributed by atoms with Crippen molar-refractivity contribution in [1.82, 2.24) is 0 Å². The van der Waals surface area contributed by atoms with Gasteiger partial charge in [-0.05, 0) is 42.0 Å². The highest BCUT2D eigenvalue weighted by Gasteiger charge is 2.07. The van der Waals surface area contributed by atoms with E-state index in [0.717, 1.165) is 22.5 Å². The number of hydrogen-bond acceptors (Lipinski definition) is 3. The molecule has 2 rings (SSSR count). The molecule has 0 bridgehead atoms. The number of anilines is 1. The van der Waals surface area contributed by atoms with Crippen LogP contribution in [0.15, 0.2) is 53.0 Å². The maximum absolute atomic E-state index is 9.26. The Kier molecular flexibility index (Phi) is 5.44. The van der Waals surface area contributed by atoms with Crippen molar-refractivity contribution >= 4 is 21.6 Å². The summed E-state index contributed by atoms with van der Waals surface area (Å²) in [5.41, 5.74) is 2.27. The molecule has 4 heteroatoms. The van der Waals surface area contributed by atoms with E-state index in [0.29, 0.717) is 6.54 Å². The zero-order valence-electron chi connectivity index (χ0n) is 11.4. The number of methoxy groups -OCH3 is 1.